The van der Waals surface area contributed by atoms with E-state index < -0.39 is 4.92 Å². The first-order chi connectivity index (χ1) is 10.2. The zero-order valence-corrected chi connectivity index (χ0v) is 11.9. The van der Waals surface area contributed by atoms with Gasteiger partial charge in [0.15, 0.2) is 0 Å². The minimum absolute atomic E-state index is 0.112. The molecule has 0 saturated carbocycles. The van der Waals surface area contributed by atoms with Crippen molar-refractivity contribution in [1.29, 1.82) is 5.26 Å². The third-order valence-electron chi connectivity index (χ3n) is 4.47. The van der Waals surface area contributed by atoms with Crippen LogP contribution in [0, 0.1) is 21.4 Å². The fourth-order valence-electron chi connectivity index (χ4n) is 3.41. The lowest BCUT2D eigenvalue weighted by molar-refractivity contribution is -0.385. The summed E-state index contributed by atoms with van der Waals surface area (Å²) in [5.41, 5.74) is 0.953. The van der Waals surface area contributed by atoms with Gasteiger partial charge in [-0.05, 0) is 37.9 Å². The van der Waals surface area contributed by atoms with E-state index in [1.165, 1.54) is 25.5 Å². The normalized spacial score (nSPS) is 22.4. The summed E-state index contributed by atoms with van der Waals surface area (Å²) in [6, 6.07) is 7.39. The monoisotopic (exact) mass is 286 g/mol. The maximum absolute atomic E-state index is 10.9. The Morgan fingerprint density at radius 3 is 2.86 bits per heavy atom. The molecule has 2 saturated heterocycles. The summed E-state index contributed by atoms with van der Waals surface area (Å²) in [6.07, 6.45) is 3.56. The predicted molar refractivity (Wildman–Crippen MR) is 79.2 cm³/mol. The van der Waals surface area contributed by atoms with Crippen LogP contribution in [0.4, 0.5) is 11.4 Å². The van der Waals surface area contributed by atoms with E-state index in [0.29, 0.717) is 6.04 Å². The molecule has 0 radical (unpaired) electrons. The van der Waals surface area contributed by atoms with Crippen LogP contribution in [0.3, 0.4) is 0 Å². The van der Waals surface area contributed by atoms with Crippen molar-refractivity contribution in [1.82, 2.24) is 4.90 Å². The number of nitro benzene ring substituents is 1. The van der Waals surface area contributed by atoms with Gasteiger partial charge < -0.3 is 4.90 Å². The maximum Gasteiger partial charge on any atom is 0.287 e. The number of nitrogens with zero attached hydrogens (tertiary/aromatic N) is 4. The van der Waals surface area contributed by atoms with Crippen molar-refractivity contribution in [2.45, 2.75) is 25.3 Å². The highest BCUT2D eigenvalue weighted by atomic mass is 16.6. The smallest absolute Gasteiger partial charge is 0.287 e. The molecule has 0 spiro atoms. The van der Waals surface area contributed by atoms with Gasteiger partial charge in [0.25, 0.3) is 5.69 Å². The fraction of sp³-hybridized carbons (Fsp3) is 0.533. The van der Waals surface area contributed by atoms with Gasteiger partial charge in [0.2, 0.25) is 0 Å². The first-order valence-electron chi connectivity index (χ1n) is 7.36. The van der Waals surface area contributed by atoms with Crippen LogP contribution in [-0.4, -0.2) is 42.0 Å². The van der Waals surface area contributed by atoms with Gasteiger partial charge in [0, 0.05) is 37.4 Å². The molecule has 0 amide bonds. The maximum atomic E-state index is 10.9. The van der Waals surface area contributed by atoms with E-state index in [4.69, 9.17) is 5.26 Å². The van der Waals surface area contributed by atoms with Crippen LogP contribution in [0.1, 0.15) is 24.8 Å². The van der Waals surface area contributed by atoms with Crippen molar-refractivity contribution >= 4 is 11.4 Å². The number of fused-ring (bicyclic) bond motifs is 1. The number of nitriles is 1. The Morgan fingerprint density at radius 1 is 1.29 bits per heavy atom. The summed E-state index contributed by atoms with van der Waals surface area (Å²) in [5, 5.41) is 20.0. The van der Waals surface area contributed by atoms with Gasteiger partial charge in [-0.3, -0.25) is 15.0 Å². The van der Waals surface area contributed by atoms with Crippen LogP contribution >= 0.6 is 0 Å². The molecule has 0 N–H and O–H groups in total. The molecule has 110 valence electrons. The minimum Gasteiger partial charge on any atom is -0.370 e. The molecular formula is C15H18N4O2. The third kappa shape index (κ3) is 2.69. The molecule has 0 aliphatic carbocycles. The Balaban J connectivity index is 1.86. The van der Waals surface area contributed by atoms with Gasteiger partial charge in [-0.2, -0.15) is 5.26 Å². The number of rotatable bonds is 2. The number of nitro groups is 1. The molecule has 3 rings (SSSR count). The fourth-order valence-corrected chi connectivity index (χ4v) is 3.41. The lowest BCUT2D eigenvalue weighted by atomic mass is 10.1. The van der Waals surface area contributed by atoms with Gasteiger partial charge in [0.1, 0.15) is 11.6 Å². The largest absolute Gasteiger partial charge is 0.370 e. The van der Waals surface area contributed by atoms with Crippen LogP contribution in [0.5, 0.6) is 0 Å². The van der Waals surface area contributed by atoms with Gasteiger partial charge in [-0.1, -0.05) is 0 Å². The lowest BCUT2D eigenvalue weighted by Crippen LogP contribution is -2.36. The molecule has 6 nitrogen and oxygen atoms in total. The number of hydrogen-bond acceptors (Lipinski definition) is 5. The van der Waals surface area contributed by atoms with Crippen molar-refractivity contribution < 1.29 is 4.92 Å². The summed E-state index contributed by atoms with van der Waals surface area (Å²) < 4.78 is 0. The molecule has 1 atom stereocenters. The standard InChI is InChI=1S/C15H18N4O2/c16-10-12-9-13(4-5-15(12)19(20)21)18-8-2-7-17-6-1-3-14(17)11-18/h4-5,9,14H,1-3,6-8,11H2. The number of anilines is 1. The van der Waals surface area contributed by atoms with E-state index in [9.17, 15) is 10.1 Å². The molecule has 0 aromatic heterocycles. The Hall–Kier alpha value is -2.13. The molecule has 1 aromatic carbocycles. The van der Waals surface area contributed by atoms with E-state index in [2.05, 4.69) is 9.80 Å². The highest BCUT2D eigenvalue weighted by molar-refractivity contribution is 5.60. The zero-order valence-electron chi connectivity index (χ0n) is 11.9. The Bertz CT molecular complexity index is 596. The summed E-state index contributed by atoms with van der Waals surface area (Å²) in [7, 11) is 0. The van der Waals surface area contributed by atoms with E-state index >= 15 is 0 Å². The van der Waals surface area contributed by atoms with Crippen LogP contribution in [-0.2, 0) is 0 Å². The lowest BCUT2D eigenvalue weighted by Gasteiger charge is -2.27. The molecule has 6 heteroatoms. The van der Waals surface area contributed by atoms with E-state index in [1.54, 1.807) is 12.1 Å². The quantitative estimate of drug-likeness (QED) is 0.615. The Kier molecular flexibility index (Phi) is 3.76. The van der Waals surface area contributed by atoms with Gasteiger partial charge in [0.05, 0.1) is 4.92 Å². The first-order valence-corrected chi connectivity index (χ1v) is 7.36. The van der Waals surface area contributed by atoms with Crippen LogP contribution < -0.4 is 4.90 Å². The highest BCUT2D eigenvalue weighted by Crippen LogP contribution is 2.28. The second-order valence-corrected chi connectivity index (χ2v) is 5.70. The van der Waals surface area contributed by atoms with Crippen molar-refractivity contribution in [3.8, 4) is 6.07 Å². The molecule has 1 unspecified atom stereocenters. The molecule has 21 heavy (non-hydrogen) atoms. The minimum atomic E-state index is -0.497. The van der Waals surface area contributed by atoms with Crippen LogP contribution in [0.25, 0.3) is 0 Å². The molecule has 1 aromatic rings. The van der Waals surface area contributed by atoms with Crippen molar-refractivity contribution in [3.05, 3.63) is 33.9 Å². The Morgan fingerprint density at radius 2 is 2.10 bits per heavy atom. The number of benzene rings is 1. The SMILES string of the molecule is N#Cc1cc(N2CCCN3CCCC3C2)ccc1[N+](=O)[O-]. The van der Waals surface area contributed by atoms with E-state index in [1.807, 2.05) is 6.07 Å². The predicted octanol–water partition coefficient (Wildman–Crippen LogP) is 2.14. The second-order valence-electron chi connectivity index (χ2n) is 5.70. The summed E-state index contributed by atoms with van der Waals surface area (Å²) in [4.78, 5) is 15.2. The Labute approximate surface area is 123 Å². The summed E-state index contributed by atoms with van der Waals surface area (Å²) in [5.74, 6) is 0. The average molecular weight is 286 g/mol. The summed E-state index contributed by atoms with van der Waals surface area (Å²) in [6.45, 7) is 4.19. The third-order valence-corrected chi connectivity index (χ3v) is 4.47. The second kappa shape index (κ2) is 5.70. The van der Waals surface area contributed by atoms with Crippen molar-refractivity contribution in [3.63, 3.8) is 0 Å². The number of hydrogen-bond donors (Lipinski definition) is 0. The van der Waals surface area contributed by atoms with E-state index in [-0.39, 0.29) is 11.3 Å². The molecule has 2 fully saturated rings. The van der Waals surface area contributed by atoms with Gasteiger partial charge in [-0.25, -0.2) is 0 Å². The molecular weight excluding hydrogens is 268 g/mol. The van der Waals surface area contributed by atoms with Crippen LogP contribution in [0.15, 0.2) is 18.2 Å². The van der Waals surface area contributed by atoms with Gasteiger partial charge >= 0.3 is 0 Å². The van der Waals surface area contributed by atoms with Crippen molar-refractivity contribution in [2.24, 2.45) is 0 Å². The van der Waals surface area contributed by atoms with E-state index in [0.717, 1.165) is 31.7 Å². The molecule has 2 aliphatic rings. The molecule has 0 bridgehead atoms. The van der Waals surface area contributed by atoms with Crippen molar-refractivity contribution in [2.75, 3.05) is 31.1 Å². The zero-order chi connectivity index (χ0) is 14.8. The van der Waals surface area contributed by atoms with Crippen LogP contribution in [0.2, 0.25) is 0 Å². The summed E-state index contributed by atoms with van der Waals surface area (Å²) >= 11 is 0. The average Bonchev–Trinajstić information content (AvgIpc) is 2.83. The molecule has 2 heterocycles. The molecule has 2 aliphatic heterocycles. The highest BCUT2D eigenvalue weighted by Gasteiger charge is 2.29. The first kappa shape index (κ1) is 13.8. The topological polar surface area (TPSA) is 73.4 Å². The van der Waals surface area contributed by atoms with Gasteiger partial charge in [-0.15, -0.1) is 0 Å².